The van der Waals surface area contributed by atoms with Crippen molar-refractivity contribution in [2.75, 3.05) is 0 Å². The molecule has 6 nitrogen and oxygen atoms in total. The maximum Gasteiger partial charge on any atom is 0.169 e. The topological polar surface area (TPSA) is 78.8 Å². The van der Waals surface area contributed by atoms with Crippen LogP contribution in [0.1, 0.15) is 143 Å². The standard InChI is InChI=1S/C11H11FO.C10H9FO.4C9H7ClO.6C2H6/c1-7(2)9-5-8-3-4-13-11(8)10(12)6-9;1-2-7-5-8-3-4-12-10(8)9(11)6-7;1-6-4-7(10)5-9-8(6)2-3-11-9;1-6-4-7-2-3-11-9(7)5-8(6)10;1-6-4-7-2-3-11-9(7)8(10)5-6;1-6-2-3-8-7(9(6)10)4-5-11-8;6*1-2/h3-7H,1-2H3;3-6H,2H2,1H3;4*2-5H,1H3;6*1-2H3. The zero-order chi connectivity index (χ0) is 61.4. The lowest BCUT2D eigenvalue weighted by atomic mass is 10.0. The molecule has 0 amide bonds. The Kier molecular flexibility index (Phi) is 35.0. The van der Waals surface area contributed by atoms with Crippen LogP contribution < -0.4 is 0 Å². The highest BCUT2D eigenvalue weighted by Crippen LogP contribution is 2.30. The molecule has 12 aromatic rings. The number of furan rings is 6. The Hall–Kier alpha value is -6.42. The maximum atomic E-state index is 13.3. The molecule has 0 atom stereocenters. The zero-order valence-corrected chi connectivity index (χ0v) is 53.9. The van der Waals surface area contributed by atoms with Crippen molar-refractivity contribution in [1.82, 2.24) is 0 Å². The molecule has 12 rings (SSSR count). The van der Waals surface area contributed by atoms with Gasteiger partial charge in [-0.3, -0.25) is 0 Å². The summed E-state index contributed by atoms with van der Waals surface area (Å²) in [5, 5.41) is 8.93. The molecule has 0 aliphatic carbocycles. The molecule has 0 bridgehead atoms. The highest BCUT2D eigenvalue weighted by atomic mass is 35.5. The van der Waals surface area contributed by atoms with E-state index in [4.69, 9.17) is 72.9 Å². The van der Waals surface area contributed by atoms with Crippen LogP contribution in [0.15, 0.2) is 173 Å². The molecule has 0 N–H and O–H groups in total. The Balaban J connectivity index is 0.000000468. The van der Waals surface area contributed by atoms with Crippen molar-refractivity contribution in [3.63, 3.8) is 0 Å². The molecule has 12 heteroatoms. The van der Waals surface area contributed by atoms with Gasteiger partial charge in [-0.25, -0.2) is 8.78 Å². The van der Waals surface area contributed by atoms with E-state index in [-0.39, 0.29) is 11.6 Å². The minimum Gasteiger partial charge on any atom is -0.464 e. The minimum absolute atomic E-state index is 0.269. The van der Waals surface area contributed by atoms with Gasteiger partial charge in [-0.15, -0.1) is 0 Å². The Bertz CT molecular complexity index is 3510. The Morgan fingerprint density at radius 2 is 0.877 bits per heavy atom. The number of halogens is 6. The first-order chi connectivity index (χ1) is 39.1. The third kappa shape index (κ3) is 21.4. The number of aryl methyl sites for hydroxylation is 5. The quantitative estimate of drug-likeness (QED) is 0.172. The zero-order valence-electron chi connectivity index (χ0n) is 50.9. The average Bonchev–Trinajstić information content (AvgIpc) is 4.36. The highest BCUT2D eigenvalue weighted by Gasteiger charge is 2.09. The first-order valence-corrected chi connectivity index (χ1v) is 29.5. The lowest BCUT2D eigenvalue weighted by Crippen LogP contribution is -1.88. The van der Waals surface area contributed by atoms with Gasteiger partial charge in [0.2, 0.25) is 0 Å². The van der Waals surface area contributed by atoms with Crippen molar-refractivity contribution >= 4 is 112 Å². The van der Waals surface area contributed by atoms with Crippen molar-refractivity contribution in [3.05, 3.63) is 212 Å². The van der Waals surface area contributed by atoms with E-state index in [1.165, 1.54) is 24.7 Å². The van der Waals surface area contributed by atoms with Gasteiger partial charge < -0.3 is 26.5 Å². The summed E-state index contributed by atoms with van der Waals surface area (Å²) in [6.45, 7) is 38.1. The summed E-state index contributed by atoms with van der Waals surface area (Å²) in [5.41, 5.74) is 10.5. The van der Waals surface area contributed by atoms with Crippen LogP contribution in [0.25, 0.3) is 65.8 Å². The van der Waals surface area contributed by atoms with Crippen LogP contribution in [-0.2, 0) is 6.42 Å². The van der Waals surface area contributed by atoms with Gasteiger partial charge in [0.1, 0.15) is 16.7 Å². The summed E-state index contributed by atoms with van der Waals surface area (Å²) in [7, 11) is 0. The van der Waals surface area contributed by atoms with Crippen LogP contribution in [0.5, 0.6) is 0 Å². The van der Waals surface area contributed by atoms with Gasteiger partial charge in [-0.05, 0) is 164 Å². The van der Waals surface area contributed by atoms with Gasteiger partial charge in [-0.2, -0.15) is 0 Å². The van der Waals surface area contributed by atoms with Gasteiger partial charge >= 0.3 is 0 Å². The number of benzene rings is 6. The SMILES string of the molecule is CC.CC.CC.CC.CC.CC.CC(C)c1cc(F)c2occc2c1.CCc1cc(F)c2occc2c1.Cc1cc(Cl)c2occc2c1.Cc1cc(Cl)cc2occc12.Cc1cc2ccoc2cc1Cl.Cc1ccc2occc2c1Cl. The Labute approximate surface area is 500 Å². The highest BCUT2D eigenvalue weighted by molar-refractivity contribution is 6.36. The van der Waals surface area contributed by atoms with Crippen LogP contribution in [0.2, 0.25) is 20.1 Å². The smallest absolute Gasteiger partial charge is 0.169 e. The predicted molar refractivity (Wildman–Crippen MR) is 348 cm³/mol. The Morgan fingerprint density at radius 1 is 0.395 bits per heavy atom. The summed E-state index contributed by atoms with van der Waals surface area (Å²) >= 11 is 23.6. The van der Waals surface area contributed by atoms with Crippen LogP contribution in [0, 0.1) is 39.3 Å². The average molecular weight is 1190 g/mol. The van der Waals surface area contributed by atoms with Crippen LogP contribution >= 0.6 is 46.4 Å². The molecule has 0 aliphatic rings. The van der Waals surface area contributed by atoms with E-state index < -0.39 is 0 Å². The maximum absolute atomic E-state index is 13.3. The van der Waals surface area contributed by atoms with E-state index in [2.05, 4.69) is 0 Å². The minimum atomic E-state index is -0.272. The second-order valence-corrected chi connectivity index (χ2v) is 18.1. The molecule has 0 aliphatic heterocycles. The summed E-state index contributed by atoms with van der Waals surface area (Å²) in [4.78, 5) is 0. The van der Waals surface area contributed by atoms with Crippen LogP contribution in [0.3, 0.4) is 0 Å². The molecule has 0 spiro atoms. The van der Waals surface area contributed by atoms with Crippen molar-refractivity contribution in [1.29, 1.82) is 0 Å². The molecule has 0 radical (unpaired) electrons. The third-order valence-electron chi connectivity index (χ3n) is 11.1. The molecule has 438 valence electrons. The summed E-state index contributed by atoms with van der Waals surface area (Å²) in [5.74, 6) is -0.200. The fourth-order valence-corrected chi connectivity index (χ4v) is 8.26. The summed E-state index contributed by atoms with van der Waals surface area (Å²) in [6.07, 6.45) is 10.5. The molecule has 0 saturated carbocycles. The van der Waals surface area contributed by atoms with Gasteiger partial charge in [0.25, 0.3) is 0 Å². The third-order valence-corrected chi connectivity index (χ3v) is 12.5. The first-order valence-electron chi connectivity index (χ1n) is 27.9. The van der Waals surface area contributed by atoms with E-state index in [0.29, 0.717) is 22.1 Å². The molecular weight excluding hydrogens is 1100 g/mol. The number of hydrogen-bond donors (Lipinski definition) is 0. The van der Waals surface area contributed by atoms with E-state index in [9.17, 15) is 8.78 Å². The lowest BCUT2D eigenvalue weighted by molar-refractivity contribution is 0.558. The van der Waals surface area contributed by atoms with Crippen molar-refractivity contribution in [2.45, 2.75) is 144 Å². The monoisotopic (exact) mass is 1190 g/mol. The lowest BCUT2D eigenvalue weighted by Gasteiger charge is -2.04. The van der Waals surface area contributed by atoms with Crippen LogP contribution in [-0.4, -0.2) is 0 Å². The molecule has 0 fully saturated rings. The van der Waals surface area contributed by atoms with Gasteiger partial charge in [-0.1, -0.05) is 156 Å². The summed E-state index contributed by atoms with van der Waals surface area (Å²) in [6, 6.07) is 33.6. The number of rotatable bonds is 2. The van der Waals surface area contributed by atoms with Gasteiger partial charge in [0.05, 0.1) is 47.6 Å². The van der Waals surface area contributed by atoms with E-state index in [1.54, 1.807) is 37.2 Å². The predicted octanol–water partition coefficient (Wildman–Crippen LogP) is 26.6. The first kappa shape index (κ1) is 72.6. The molecule has 6 heterocycles. The second-order valence-electron chi connectivity index (χ2n) is 16.5. The molecular formula is C69H84Cl4F2O6. The van der Waals surface area contributed by atoms with E-state index in [0.717, 1.165) is 110 Å². The number of hydrogen-bond acceptors (Lipinski definition) is 6. The molecule has 81 heavy (non-hydrogen) atoms. The Morgan fingerprint density at radius 3 is 1.46 bits per heavy atom. The molecule has 6 aromatic carbocycles. The van der Waals surface area contributed by atoms with Gasteiger partial charge in [0, 0.05) is 54.5 Å². The molecule has 6 aromatic heterocycles. The largest absolute Gasteiger partial charge is 0.464 e. The second kappa shape index (κ2) is 39.1. The van der Waals surface area contributed by atoms with E-state index >= 15 is 0 Å². The van der Waals surface area contributed by atoms with E-state index in [1.807, 2.05) is 216 Å². The number of fused-ring (bicyclic) bond motifs is 6. The van der Waals surface area contributed by atoms with Crippen LogP contribution in [0.4, 0.5) is 8.78 Å². The van der Waals surface area contributed by atoms with Gasteiger partial charge in [0.15, 0.2) is 28.4 Å². The molecule has 0 saturated heterocycles. The summed E-state index contributed by atoms with van der Waals surface area (Å²) < 4.78 is 57.2. The molecule has 0 unspecified atom stereocenters. The van der Waals surface area contributed by atoms with Crippen molar-refractivity contribution in [3.8, 4) is 0 Å². The van der Waals surface area contributed by atoms with Crippen molar-refractivity contribution in [2.24, 2.45) is 0 Å². The fourth-order valence-electron chi connectivity index (χ4n) is 7.30. The fraction of sp³-hybridized carbons (Fsp3) is 0.304. The van der Waals surface area contributed by atoms with Crippen molar-refractivity contribution < 1.29 is 35.3 Å². The normalized spacial score (nSPS) is 9.70.